The molecule has 0 aromatic carbocycles. The molecule has 0 bridgehead atoms. The third-order valence-corrected chi connectivity index (χ3v) is 1.51. The third kappa shape index (κ3) is 5.23. The van der Waals surface area contributed by atoms with Crippen molar-refractivity contribution in [3.8, 4) is 11.8 Å². The van der Waals surface area contributed by atoms with E-state index in [2.05, 4.69) is 23.7 Å². The number of methoxy groups -OCH3 is 1. The Kier molecular flexibility index (Phi) is 7.30. The third-order valence-electron chi connectivity index (χ3n) is 1.51. The summed E-state index contributed by atoms with van der Waals surface area (Å²) in [7, 11) is 3.49. The van der Waals surface area contributed by atoms with Crippen LogP contribution in [0.15, 0.2) is 36.1 Å². The van der Waals surface area contributed by atoms with Crippen LogP contribution in [0, 0.1) is 11.8 Å². The molecular weight excluding hydrogens is 174 g/mol. The van der Waals surface area contributed by atoms with Crippen LogP contribution in [-0.4, -0.2) is 20.7 Å². The Morgan fingerprint density at radius 2 is 2.29 bits per heavy atom. The molecule has 0 aliphatic heterocycles. The minimum absolute atomic E-state index is 0.680. The topological polar surface area (TPSA) is 21.3 Å². The molecule has 0 fully saturated rings. The average Bonchev–Trinajstić information content (AvgIpc) is 2.19. The summed E-state index contributed by atoms with van der Waals surface area (Å²) in [4.78, 5) is 0. The first-order valence-electron chi connectivity index (χ1n) is 4.43. The number of rotatable bonds is 4. The first-order valence-corrected chi connectivity index (χ1v) is 4.43. The number of hydrogen-bond acceptors (Lipinski definition) is 2. The van der Waals surface area contributed by atoms with Crippen molar-refractivity contribution in [2.75, 3.05) is 20.7 Å². The molecule has 0 aromatic heterocycles. The highest BCUT2D eigenvalue weighted by Gasteiger charge is 1.93. The predicted octanol–water partition coefficient (Wildman–Crippen LogP) is 1.87. The summed E-state index contributed by atoms with van der Waals surface area (Å²) in [5, 5.41) is 2.95. The molecule has 14 heavy (non-hydrogen) atoms. The Bertz CT molecular complexity index is 289. The van der Waals surface area contributed by atoms with Gasteiger partial charge < -0.3 is 10.1 Å². The Labute approximate surface area is 86.3 Å². The van der Waals surface area contributed by atoms with E-state index in [9.17, 15) is 0 Å². The van der Waals surface area contributed by atoms with E-state index >= 15 is 0 Å². The maximum atomic E-state index is 5.17. The Hall–Kier alpha value is -1.46. The minimum Gasteiger partial charge on any atom is -0.496 e. The summed E-state index contributed by atoms with van der Waals surface area (Å²) < 4.78 is 5.17. The zero-order valence-electron chi connectivity index (χ0n) is 9.05. The lowest BCUT2D eigenvalue weighted by Crippen LogP contribution is -2.04. The van der Waals surface area contributed by atoms with Crippen molar-refractivity contribution in [3.63, 3.8) is 0 Å². The molecule has 2 nitrogen and oxygen atoms in total. The molecule has 0 heterocycles. The van der Waals surface area contributed by atoms with Crippen LogP contribution in [0.3, 0.4) is 0 Å². The van der Waals surface area contributed by atoms with Crippen molar-refractivity contribution in [2.24, 2.45) is 0 Å². The van der Waals surface area contributed by atoms with E-state index in [1.807, 2.05) is 26.1 Å². The molecule has 2 heteroatoms. The van der Waals surface area contributed by atoms with Crippen LogP contribution in [0.5, 0.6) is 0 Å². The summed E-state index contributed by atoms with van der Waals surface area (Å²) in [6.45, 7) is 6.20. The molecule has 0 spiro atoms. The summed E-state index contributed by atoms with van der Waals surface area (Å²) in [6, 6.07) is 0. The zero-order valence-corrected chi connectivity index (χ0v) is 9.05. The molecule has 0 unspecified atom stereocenters. The van der Waals surface area contributed by atoms with Crippen molar-refractivity contribution in [2.45, 2.75) is 6.92 Å². The van der Waals surface area contributed by atoms with Gasteiger partial charge in [-0.3, -0.25) is 0 Å². The fourth-order valence-corrected chi connectivity index (χ4v) is 0.828. The maximum Gasteiger partial charge on any atom is 0.130 e. The zero-order chi connectivity index (χ0) is 10.8. The first kappa shape index (κ1) is 12.5. The molecule has 0 radical (unpaired) electrons. The van der Waals surface area contributed by atoms with Crippen LogP contribution in [0.2, 0.25) is 0 Å². The lowest BCUT2D eigenvalue weighted by atomic mass is 10.2. The number of allylic oxidation sites excluding steroid dienone is 4. The van der Waals surface area contributed by atoms with Crippen molar-refractivity contribution in [3.05, 3.63) is 36.1 Å². The highest BCUT2D eigenvalue weighted by atomic mass is 16.5. The van der Waals surface area contributed by atoms with E-state index in [1.165, 1.54) is 0 Å². The van der Waals surface area contributed by atoms with Gasteiger partial charge >= 0.3 is 0 Å². The largest absolute Gasteiger partial charge is 0.496 e. The Morgan fingerprint density at radius 3 is 2.79 bits per heavy atom. The van der Waals surface area contributed by atoms with E-state index in [1.54, 1.807) is 13.2 Å². The molecule has 0 rings (SSSR count). The average molecular weight is 191 g/mol. The van der Waals surface area contributed by atoms with E-state index in [0.29, 0.717) is 6.54 Å². The van der Waals surface area contributed by atoms with Gasteiger partial charge in [-0.25, -0.2) is 0 Å². The van der Waals surface area contributed by atoms with E-state index in [4.69, 9.17) is 4.74 Å². The number of ether oxygens (including phenoxy) is 1. The molecule has 0 atom stereocenters. The highest BCUT2D eigenvalue weighted by Crippen LogP contribution is 2.05. The van der Waals surface area contributed by atoms with Gasteiger partial charge in [0.25, 0.3) is 0 Å². The van der Waals surface area contributed by atoms with Gasteiger partial charge in [0, 0.05) is 5.57 Å². The minimum atomic E-state index is 0.680. The highest BCUT2D eigenvalue weighted by molar-refractivity contribution is 5.35. The molecule has 0 aliphatic carbocycles. The smallest absolute Gasteiger partial charge is 0.130 e. The lowest BCUT2D eigenvalue weighted by Gasteiger charge is -2.00. The predicted molar refractivity (Wildman–Crippen MR) is 60.7 cm³/mol. The number of nitrogens with one attached hydrogen (secondary N) is 1. The van der Waals surface area contributed by atoms with Crippen LogP contribution in [0.25, 0.3) is 0 Å². The summed E-state index contributed by atoms with van der Waals surface area (Å²) in [5.74, 6) is 6.74. The molecule has 76 valence electrons. The van der Waals surface area contributed by atoms with E-state index in [0.717, 1.165) is 11.3 Å². The monoisotopic (exact) mass is 191 g/mol. The molecular formula is C12H17NO. The van der Waals surface area contributed by atoms with Crippen LogP contribution < -0.4 is 5.32 Å². The fourth-order valence-electron chi connectivity index (χ4n) is 0.828. The van der Waals surface area contributed by atoms with Gasteiger partial charge in [0.1, 0.15) is 5.76 Å². The quantitative estimate of drug-likeness (QED) is 0.416. The summed E-state index contributed by atoms with van der Waals surface area (Å²) in [5.41, 5.74) is 0.917. The van der Waals surface area contributed by atoms with Crippen LogP contribution >= 0.6 is 0 Å². The van der Waals surface area contributed by atoms with Crippen molar-refractivity contribution < 1.29 is 4.74 Å². The second kappa shape index (κ2) is 8.15. The molecule has 0 saturated carbocycles. The lowest BCUT2D eigenvalue weighted by molar-refractivity contribution is 0.304. The summed E-state index contributed by atoms with van der Waals surface area (Å²) in [6.07, 6.45) is 5.37. The van der Waals surface area contributed by atoms with Crippen molar-refractivity contribution >= 4 is 0 Å². The fraction of sp³-hybridized carbons (Fsp3) is 0.333. The van der Waals surface area contributed by atoms with Gasteiger partial charge in [0.15, 0.2) is 0 Å². The molecule has 0 amide bonds. The molecule has 1 N–H and O–H groups in total. The molecule has 0 aliphatic rings. The van der Waals surface area contributed by atoms with E-state index < -0.39 is 0 Å². The van der Waals surface area contributed by atoms with Crippen molar-refractivity contribution in [1.82, 2.24) is 5.32 Å². The summed E-state index contributed by atoms with van der Waals surface area (Å²) >= 11 is 0. The van der Waals surface area contributed by atoms with Crippen LogP contribution in [0.1, 0.15) is 6.92 Å². The van der Waals surface area contributed by atoms with Crippen LogP contribution in [-0.2, 0) is 4.74 Å². The molecule has 0 saturated heterocycles. The second-order valence-corrected chi connectivity index (χ2v) is 2.62. The van der Waals surface area contributed by atoms with Gasteiger partial charge in [0.2, 0.25) is 0 Å². The van der Waals surface area contributed by atoms with Crippen LogP contribution in [0.4, 0.5) is 0 Å². The van der Waals surface area contributed by atoms with Crippen molar-refractivity contribution in [1.29, 1.82) is 0 Å². The Morgan fingerprint density at radius 1 is 1.57 bits per heavy atom. The molecule has 0 aromatic rings. The van der Waals surface area contributed by atoms with Gasteiger partial charge in [-0.15, -0.1) is 0 Å². The van der Waals surface area contributed by atoms with Gasteiger partial charge in [-0.1, -0.05) is 30.6 Å². The van der Waals surface area contributed by atoms with Gasteiger partial charge in [0.05, 0.1) is 13.7 Å². The van der Waals surface area contributed by atoms with E-state index in [-0.39, 0.29) is 0 Å². The Balaban J connectivity index is 4.59. The SMILES string of the molecule is C=C/C=C\C(OC)=C(/C)C#CCNC. The van der Waals surface area contributed by atoms with Gasteiger partial charge in [-0.05, 0) is 20.0 Å². The standard InChI is InChI=1S/C12H17NO/c1-5-6-9-12(14-4)11(2)8-7-10-13-3/h5-6,9,13H,1,10H2,2-4H3/b9-6-,12-11-. The van der Waals surface area contributed by atoms with Gasteiger partial charge in [-0.2, -0.15) is 0 Å². The second-order valence-electron chi connectivity index (χ2n) is 2.62. The maximum absolute atomic E-state index is 5.17. The first-order chi connectivity index (χ1) is 6.76. The normalized spacial score (nSPS) is 11.6. The number of hydrogen-bond donors (Lipinski definition) is 1.